The van der Waals surface area contributed by atoms with Crippen LogP contribution in [0.15, 0.2) is 24.3 Å². The van der Waals surface area contributed by atoms with Crippen LogP contribution in [0.4, 0.5) is 5.69 Å². The molecule has 110 valence electrons. The Balaban J connectivity index is 2.13. The molecule has 0 unspecified atom stereocenters. The number of hydrogen-bond acceptors (Lipinski definition) is 4. The Morgan fingerprint density at radius 2 is 1.76 bits per heavy atom. The highest BCUT2D eigenvalue weighted by atomic mass is 16.2. The Hall–Kier alpha value is -2.30. The topological polar surface area (TPSA) is 80.3 Å². The number of ketones is 3. The zero-order chi connectivity index (χ0) is 15.4. The van der Waals surface area contributed by atoms with Gasteiger partial charge in [0.1, 0.15) is 5.92 Å². The van der Waals surface area contributed by atoms with Crippen molar-refractivity contribution in [1.82, 2.24) is 0 Å². The summed E-state index contributed by atoms with van der Waals surface area (Å²) >= 11 is 0. The molecule has 0 bridgehead atoms. The summed E-state index contributed by atoms with van der Waals surface area (Å²) in [5.41, 5.74) is 1.52. The summed E-state index contributed by atoms with van der Waals surface area (Å²) in [6.07, 6.45) is 1.22. The monoisotopic (exact) mass is 287 g/mol. The molecule has 1 fully saturated rings. The molecule has 2 rings (SSSR count). The highest BCUT2D eigenvalue weighted by molar-refractivity contribution is 6.20. The number of hydrogen-bond donors (Lipinski definition) is 1. The van der Waals surface area contributed by atoms with Gasteiger partial charge in [-0.15, -0.1) is 0 Å². The summed E-state index contributed by atoms with van der Waals surface area (Å²) in [4.78, 5) is 46.1. The lowest BCUT2D eigenvalue weighted by Crippen LogP contribution is -2.37. The molecule has 0 heterocycles. The van der Waals surface area contributed by atoms with Crippen LogP contribution < -0.4 is 5.32 Å². The molecule has 21 heavy (non-hydrogen) atoms. The van der Waals surface area contributed by atoms with Gasteiger partial charge in [0.05, 0.1) is 0 Å². The van der Waals surface area contributed by atoms with Gasteiger partial charge in [0, 0.05) is 24.9 Å². The van der Waals surface area contributed by atoms with Gasteiger partial charge < -0.3 is 5.32 Å². The van der Waals surface area contributed by atoms with E-state index in [-0.39, 0.29) is 42.5 Å². The Bertz CT molecular complexity index is 558. The van der Waals surface area contributed by atoms with Crippen molar-refractivity contribution in [3.8, 4) is 0 Å². The molecule has 0 aliphatic heterocycles. The minimum atomic E-state index is -1.05. The van der Waals surface area contributed by atoms with E-state index in [1.807, 2.05) is 0 Å². The van der Waals surface area contributed by atoms with Crippen LogP contribution >= 0.6 is 0 Å². The molecule has 5 heteroatoms. The number of rotatable bonds is 5. The zero-order valence-electron chi connectivity index (χ0n) is 11.8. The SMILES string of the molecule is CCC(=O)C1C(=O)CC(c2ccc(NC=O)cc2)CC1=O. The van der Waals surface area contributed by atoms with Crippen molar-refractivity contribution in [2.45, 2.75) is 32.1 Å². The lowest BCUT2D eigenvalue weighted by Gasteiger charge is -2.25. The van der Waals surface area contributed by atoms with Gasteiger partial charge in [-0.2, -0.15) is 0 Å². The van der Waals surface area contributed by atoms with Gasteiger partial charge >= 0.3 is 0 Å². The predicted octanol–water partition coefficient (Wildman–Crippen LogP) is 1.87. The Morgan fingerprint density at radius 1 is 1.19 bits per heavy atom. The quantitative estimate of drug-likeness (QED) is 0.662. The Labute approximate surface area is 122 Å². The molecule has 1 aliphatic rings. The molecule has 1 amide bonds. The molecule has 1 aliphatic carbocycles. The van der Waals surface area contributed by atoms with Crippen molar-refractivity contribution >= 4 is 29.4 Å². The van der Waals surface area contributed by atoms with Crippen LogP contribution in [0.3, 0.4) is 0 Å². The number of carbonyl (C=O) groups is 4. The highest BCUT2D eigenvalue weighted by Gasteiger charge is 2.39. The van der Waals surface area contributed by atoms with Gasteiger partial charge in [0.15, 0.2) is 17.3 Å². The normalized spacial score (nSPS) is 22.0. The number of Topliss-reactive ketones (excluding diaryl/α,β-unsaturated/α-hetero) is 3. The third-order valence-corrected chi connectivity index (χ3v) is 3.82. The summed E-state index contributed by atoms with van der Waals surface area (Å²) in [7, 11) is 0. The van der Waals surface area contributed by atoms with Crippen molar-refractivity contribution in [2.75, 3.05) is 5.32 Å². The molecule has 0 aromatic heterocycles. The van der Waals surface area contributed by atoms with E-state index in [1.165, 1.54) is 0 Å². The minimum Gasteiger partial charge on any atom is -0.329 e. The van der Waals surface area contributed by atoms with Gasteiger partial charge in [0.2, 0.25) is 6.41 Å². The lowest BCUT2D eigenvalue weighted by atomic mass is 9.75. The van der Waals surface area contributed by atoms with E-state index in [4.69, 9.17) is 0 Å². The first kappa shape index (κ1) is 15.1. The van der Waals surface area contributed by atoms with Gasteiger partial charge in [-0.25, -0.2) is 0 Å². The molecule has 1 aromatic rings. The standard InChI is InChI=1S/C16H17NO4/c1-2-13(19)16-14(20)7-11(8-15(16)21)10-3-5-12(6-4-10)17-9-18/h3-6,9,11,16H,2,7-8H2,1H3,(H,17,18). The molecule has 1 saturated carbocycles. The van der Waals surface area contributed by atoms with E-state index in [2.05, 4.69) is 5.32 Å². The van der Waals surface area contributed by atoms with Crippen molar-refractivity contribution < 1.29 is 19.2 Å². The second kappa shape index (κ2) is 6.43. The van der Waals surface area contributed by atoms with Crippen molar-refractivity contribution in [1.29, 1.82) is 0 Å². The second-order valence-corrected chi connectivity index (χ2v) is 5.17. The fourth-order valence-electron chi connectivity index (χ4n) is 2.69. The predicted molar refractivity (Wildman–Crippen MR) is 76.9 cm³/mol. The van der Waals surface area contributed by atoms with Crippen LogP contribution in [0, 0.1) is 5.92 Å². The van der Waals surface area contributed by atoms with Gasteiger partial charge in [-0.05, 0) is 23.6 Å². The second-order valence-electron chi connectivity index (χ2n) is 5.17. The molecule has 5 nitrogen and oxygen atoms in total. The van der Waals surface area contributed by atoms with E-state index < -0.39 is 5.92 Å². The fourth-order valence-corrected chi connectivity index (χ4v) is 2.69. The van der Waals surface area contributed by atoms with E-state index >= 15 is 0 Å². The lowest BCUT2D eigenvalue weighted by molar-refractivity contribution is -0.142. The van der Waals surface area contributed by atoms with Crippen LogP contribution in [0.1, 0.15) is 37.7 Å². The van der Waals surface area contributed by atoms with E-state index in [0.717, 1.165) is 5.56 Å². The largest absolute Gasteiger partial charge is 0.329 e. The van der Waals surface area contributed by atoms with Crippen LogP contribution in [-0.2, 0) is 19.2 Å². The van der Waals surface area contributed by atoms with E-state index in [0.29, 0.717) is 12.1 Å². The van der Waals surface area contributed by atoms with Crippen LogP contribution in [0.2, 0.25) is 0 Å². The van der Waals surface area contributed by atoms with Crippen molar-refractivity contribution in [3.63, 3.8) is 0 Å². The molecule has 0 spiro atoms. The average molecular weight is 287 g/mol. The maximum absolute atomic E-state index is 12.1. The summed E-state index contributed by atoms with van der Waals surface area (Å²) in [5.74, 6) is -2.08. The first-order valence-electron chi connectivity index (χ1n) is 6.95. The third kappa shape index (κ3) is 3.24. The maximum atomic E-state index is 12.1. The summed E-state index contributed by atoms with van der Waals surface area (Å²) in [5, 5.41) is 2.53. The van der Waals surface area contributed by atoms with Gasteiger partial charge in [0.25, 0.3) is 0 Å². The minimum absolute atomic E-state index is 0.184. The highest BCUT2D eigenvalue weighted by Crippen LogP contribution is 2.33. The number of nitrogens with one attached hydrogen (secondary N) is 1. The van der Waals surface area contributed by atoms with Gasteiger partial charge in [-0.3, -0.25) is 19.2 Å². The van der Waals surface area contributed by atoms with Crippen LogP contribution in [0.5, 0.6) is 0 Å². The first-order valence-corrected chi connectivity index (χ1v) is 6.95. The average Bonchev–Trinajstić information content (AvgIpc) is 2.47. The fraction of sp³-hybridized carbons (Fsp3) is 0.375. The van der Waals surface area contributed by atoms with E-state index in [1.54, 1.807) is 31.2 Å². The Kier molecular flexibility index (Phi) is 4.62. The molecular formula is C16H17NO4. The third-order valence-electron chi connectivity index (χ3n) is 3.82. The number of amides is 1. The van der Waals surface area contributed by atoms with Crippen LogP contribution in [0.25, 0.3) is 0 Å². The zero-order valence-corrected chi connectivity index (χ0v) is 11.8. The number of carbonyl (C=O) groups excluding carboxylic acids is 4. The molecule has 1 aromatic carbocycles. The number of benzene rings is 1. The molecular weight excluding hydrogens is 270 g/mol. The van der Waals surface area contributed by atoms with Gasteiger partial charge in [-0.1, -0.05) is 19.1 Å². The molecule has 0 atom stereocenters. The summed E-state index contributed by atoms with van der Waals surface area (Å²) in [6.45, 7) is 1.66. The van der Waals surface area contributed by atoms with Crippen molar-refractivity contribution in [3.05, 3.63) is 29.8 Å². The summed E-state index contributed by atoms with van der Waals surface area (Å²) in [6, 6.07) is 7.03. The van der Waals surface area contributed by atoms with Crippen molar-refractivity contribution in [2.24, 2.45) is 5.92 Å². The van der Waals surface area contributed by atoms with E-state index in [9.17, 15) is 19.2 Å². The smallest absolute Gasteiger partial charge is 0.211 e. The first-order chi connectivity index (χ1) is 10.1. The van der Waals surface area contributed by atoms with Crippen LogP contribution in [-0.4, -0.2) is 23.8 Å². The summed E-state index contributed by atoms with van der Waals surface area (Å²) < 4.78 is 0. The molecule has 1 N–H and O–H groups in total. The maximum Gasteiger partial charge on any atom is 0.211 e. The Morgan fingerprint density at radius 3 is 2.24 bits per heavy atom. The molecule has 0 radical (unpaired) electrons. The number of anilines is 1. The molecule has 0 saturated heterocycles.